The van der Waals surface area contributed by atoms with Crippen LogP contribution in [0.2, 0.25) is 0 Å². The summed E-state index contributed by atoms with van der Waals surface area (Å²) in [5.41, 5.74) is 25.4. The predicted molar refractivity (Wildman–Crippen MR) is 163 cm³/mol. The first-order valence-electron chi connectivity index (χ1n) is 13.2. The van der Waals surface area contributed by atoms with E-state index in [-0.39, 0.29) is 23.7 Å². The van der Waals surface area contributed by atoms with E-state index in [0.717, 1.165) is 44.2 Å². The molecule has 10 N–H and O–H groups in total. The molecule has 0 unspecified atom stereocenters. The van der Waals surface area contributed by atoms with Crippen LogP contribution in [0.15, 0.2) is 68.9 Å². The first-order chi connectivity index (χ1) is 19.1. The van der Waals surface area contributed by atoms with Gasteiger partial charge < -0.3 is 33.6 Å². The van der Waals surface area contributed by atoms with Crippen LogP contribution < -0.4 is 33.6 Å². The third-order valence-electron chi connectivity index (χ3n) is 5.80. The van der Waals surface area contributed by atoms with Crippen LogP contribution in [0.5, 0.6) is 0 Å². The number of anilines is 2. The van der Waals surface area contributed by atoms with Crippen molar-refractivity contribution >= 4 is 46.5 Å². The molecule has 0 atom stereocenters. The van der Waals surface area contributed by atoms with E-state index in [1.165, 1.54) is 0 Å². The summed E-state index contributed by atoms with van der Waals surface area (Å²) >= 11 is 0. The van der Waals surface area contributed by atoms with Gasteiger partial charge in [-0.2, -0.15) is 10.2 Å². The molecule has 0 bridgehead atoms. The molecule has 2 rings (SSSR count). The fourth-order valence-electron chi connectivity index (χ4n) is 3.75. The Balaban J connectivity index is 1.83. The van der Waals surface area contributed by atoms with Crippen molar-refractivity contribution in [3.05, 3.63) is 59.7 Å². The first kappa shape index (κ1) is 31.5. The van der Waals surface area contributed by atoms with Gasteiger partial charge in [0, 0.05) is 35.3 Å². The van der Waals surface area contributed by atoms with Crippen molar-refractivity contribution in [1.29, 1.82) is 0 Å². The summed E-state index contributed by atoms with van der Waals surface area (Å²) in [6.07, 6.45) is 6.45. The smallest absolute Gasteiger partial charge is 0.224 e. The Morgan fingerprint density at radius 1 is 0.600 bits per heavy atom. The van der Waals surface area contributed by atoms with Gasteiger partial charge in [-0.1, -0.05) is 43.9 Å². The molecule has 0 aliphatic carbocycles. The van der Waals surface area contributed by atoms with Crippen LogP contribution in [-0.4, -0.2) is 35.2 Å². The molecule has 0 aliphatic rings. The van der Waals surface area contributed by atoms with Crippen molar-refractivity contribution in [3.63, 3.8) is 0 Å². The number of nitrogens with zero attached hydrogens (tertiary/aromatic N) is 4. The van der Waals surface area contributed by atoms with E-state index in [2.05, 4.69) is 31.0 Å². The molecule has 0 radical (unpaired) electrons. The van der Waals surface area contributed by atoms with Gasteiger partial charge in [0.25, 0.3) is 0 Å². The molecule has 40 heavy (non-hydrogen) atoms. The lowest BCUT2D eigenvalue weighted by Gasteiger charge is -2.11. The van der Waals surface area contributed by atoms with Crippen LogP contribution in [0.3, 0.4) is 0 Å². The van der Waals surface area contributed by atoms with E-state index in [0.29, 0.717) is 41.1 Å². The van der Waals surface area contributed by atoms with E-state index in [9.17, 15) is 9.59 Å². The number of carbonyl (C=O) groups excluding carboxylic acids is 2. The number of benzene rings is 2. The molecular formula is C28H40N10O2. The molecule has 2 aromatic carbocycles. The molecule has 12 nitrogen and oxygen atoms in total. The van der Waals surface area contributed by atoms with Crippen molar-refractivity contribution in [3.8, 4) is 0 Å². The minimum Gasteiger partial charge on any atom is -0.369 e. The summed E-state index contributed by atoms with van der Waals surface area (Å²) in [6.45, 7) is 3.49. The van der Waals surface area contributed by atoms with Crippen LogP contribution in [-0.2, 0) is 9.59 Å². The van der Waals surface area contributed by atoms with Crippen LogP contribution in [0.25, 0.3) is 0 Å². The molecule has 0 spiro atoms. The standard InChI is InChI=1S/C28H40N10O2/c1-19(35-37-27(29)30)21-16-22(20(2)36-38-28(31)32)18-24(17-21)34-26(40)15-11-6-4-3-5-10-14-25(39)33-23-12-8-7-9-13-23/h7-9,12-13,16-18H,3-6,10-11,14-15H2,1-2H3,(H,33,39)(H,34,40)(H4,29,30,37)(H4,31,32,38)/b35-19-,36-20+. The molecule has 0 aromatic heterocycles. The monoisotopic (exact) mass is 548 g/mol. The molecule has 0 saturated carbocycles. The zero-order valence-electron chi connectivity index (χ0n) is 23.2. The minimum absolute atomic E-state index is 0.0329. The second-order valence-corrected chi connectivity index (χ2v) is 9.30. The maximum Gasteiger partial charge on any atom is 0.224 e. The molecule has 214 valence electrons. The highest BCUT2D eigenvalue weighted by Gasteiger charge is 2.10. The Morgan fingerprint density at radius 3 is 1.48 bits per heavy atom. The highest BCUT2D eigenvalue weighted by atomic mass is 16.2. The highest BCUT2D eigenvalue weighted by Crippen LogP contribution is 2.19. The molecule has 2 amide bonds. The number of para-hydroxylation sites is 1. The minimum atomic E-state index is -0.164. The lowest BCUT2D eigenvalue weighted by Crippen LogP contribution is -2.22. The summed E-state index contributed by atoms with van der Waals surface area (Å²) in [5.74, 6) is -0.394. The zero-order chi connectivity index (χ0) is 29.3. The normalized spacial score (nSPS) is 11.4. The van der Waals surface area contributed by atoms with Crippen molar-refractivity contribution in [2.24, 2.45) is 43.3 Å². The number of hydrogen-bond acceptors (Lipinski definition) is 6. The van der Waals surface area contributed by atoms with Gasteiger partial charge in [0.05, 0.1) is 11.4 Å². The number of hydrogen-bond donors (Lipinski definition) is 6. The number of rotatable bonds is 15. The van der Waals surface area contributed by atoms with Gasteiger partial charge >= 0.3 is 0 Å². The van der Waals surface area contributed by atoms with E-state index in [1.54, 1.807) is 26.0 Å². The zero-order valence-corrected chi connectivity index (χ0v) is 23.2. The lowest BCUT2D eigenvalue weighted by atomic mass is 10.0. The number of carbonyl (C=O) groups is 2. The quantitative estimate of drug-likeness (QED) is 0.0848. The van der Waals surface area contributed by atoms with Gasteiger partial charge in [-0.3, -0.25) is 9.59 Å². The van der Waals surface area contributed by atoms with Gasteiger partial charge in [-0.15, -0.1) is 10.2 Å². The van der Waals surface area contributed by atoms with Gasteiger partial charge in [-0.05, 0) is 57.0 Å². The third kappa shape index (κ3) is 12.7. The lowest BCUT2D eigenvalue weighted by molar-refractivity contribution is -0.117. The van der Waals surface area contributed by atoms with Crippen LogP contribution >= 0.6 is 0 Å². The van der Waals surface area contributed by atoms with E-state index in [4.69, 9.17) is 22.9 Å². The number of nitrogens with two attached hydrogens (primary N) is 4. The molecule has 2 aromatic rings. The predicted octanol–water partition coefficient (Wildman–Crippen LogP) is 3.38. The third-order valence-corrected chi connectivity index (χ3v) is 5.80. The Labute approximate surface area is 235 Å². The summed E-state index contributed by atoms with van der Waals surface area (Å²) in [4.78, 5) is 24.6. The number of amides is 2. The molecule has 0 aliphatic heterocycles. The van der Waals surface area contributed by atoms with Crippen LogP contribution in [0.4, 0.5) is 11.4 Å². The summed E-state index contributed by atoms with van der Waals surface area (Å²) < 4.78 is 0. The Bertz CT molecular complexity index is 1190. The Morgan fingerprint density at radius 2 is 1.02 bits per heavy atom. The summed E-state index contributed by atoms with van der Waals surface area (Å²) in [7, 11) is 0. The average Bonchev–Trinajstić information content (AvgIpc) is 2.92. The maximum absolute atomic E-state index is 12.6. The van der Waals surface area contributed by atoms with Gasteiger partial charge in [0.15, 0.2) is 0 Å². The molecule has 0 fully saturated rings. The van der Waals surface area contributed by atoms with Crippen LogP contribution in [0.1, 0.15) is 76.3 Å². The molecule has 12 heteroatoms. The number of guanidine groups is 2. The van der Waals surface area contributed by atoms with Crippen molar-refractivity contribution in [2.75, 3.05) is 10.6 Å². The van der Waals surface area contributed by atoms with Crippen molar-refractivity contribution in [2.45, 2.75) is 65.2 Å². The number of unbranched alkanes of at least 4 members (excludes halogenated alkanes) is 5. The van der Waals surface area contributed by atoms with Crippen molar-refractivity contribution in [1.82, 2.24) is 0 Å². The fourth-order valence-corrected chi connectivity index (χ4v) is 3.75. The number of nitrogens with one attached hydrogen (secondary N) is 2. The van der Waals surface area contributed by atoms with Crippen LogP contribution in [0, 0.1) is 0 Å². The topological polar surface area (TPSA) is 212 Å². The molecule has 0 heterocycles. The van der Waals surface area contributed by atoms with E-state index >= 15 is 0 Å². The maximum atomic E-state index is 12.6. The second kappa shape index (κ2) is 17.0. The van der Waals surface area contributed by atoms with Gasteiger partial charge in [0.2, 0.25) is 23.7 Å². The van der Waals surface area contributed by atoms with Gasteiger partial charge in [-0.25, -0.2) is 0 Å². The largest absolute Gasteiger partial charge is 0.369 e. The Kier molecular flexibility index (Phi) is 13.4. The molecule has 0 saturated heterocycles. The first-order valence-corrected chi connectivity index (χ1v) is 13.2. The summed E-state index contributed by atoms with van der Waals surface area (Å²) in [6, 6.07) is 14.8. The Hall–Kier alpha value is -4.74. The van der Waals surface area contributed by atoms with E-state index < -0.39 is 0 Å². The highest BCUT2D eigenvalue weighted by molar-refractivity contribution is 6.06. The summed E-state index contributed by atoms with van der Waals surface area (Å²) in [5, 5.41) is 21.3. The molecular weight excluding hydrogens is 508 g/mol. The second-order valence-electron chi connectivity index (χ2n) is 9.30. The van der Waals surface area contributed by atoms with E-state index in [1.807, 2.05) is 36.4 Å². The van der Waals surface area contributed by atoms with Crippen molar-refractivity contribution < 1.29 is 9.59 Å². The SMILES string of the molecule is C/C(=N/N=C(N)N)c1cc(NC(=O)CCCCCCCCC(=O)Nc2ccccc2)cc(/C(C)=N/N=C(N)N)c1. The van der Waals surface area contributed by atoms with Gasteiger partial charge in [0.1, 0.15) is 0 Å². The average molecular weight is 549 g/mol. The fraction of sp³-hybridized carbons (Fsp3) is 0.357.